The van der Waals surface area contributed by atoms with Crippen LogP contribution in [0, 0.1) is 11.8 Å². The zero-order valence-electron chi connectivity index (χ0n) is 9.60. The maximum absolute atomic E-state index is 3.77. The highest BCUT2D eigenvalue weighted by Gasteiger charge is 2.26. The lowest BCUT2D eigenvalue weighted by Crippen LogP contribution is -2.37. The van der Waals surface area contributed by atoms with Crippen molar-refractivity contribution in [1.29, 1.82) is 0 Å². The topological polar surface area (TPSA) is 12.0 Å². The molecule has 1 saturated carbocycles. The zero-order chi connectivity index (χ0) is 9.80. The Kier molecular flexibility index (Phi) is 3.86. The van der Waals surface area contributed by atoms with Crippen LogP contribution in [0.2, 0.25) is 0 Å². The summed E-state index contributed by atoms with van der Waals surface area (Å²) in [6, 6.07) is 0.861. The molecule has 1 aliphatic heterocycles. The fourth-order valence-electron chi connectivity index (χ4n) is 3.30. The molecule has 0 aromatic heterocycles. The molecule has 0 radical (unpaired) electrons. The van der Waals surface area contributed by atoms with E-state index in [2.05, 4.69) is 12.2 Å². The summed E-state index contributed by atoms with van der Waals surface area (Å²) in [5, 5.41) is 3.77. The monoisotopic (exact) mass is 195 g/mol. The average molecular weight is 195 g/mol. The molecule has 3 unspecified atom stereocenters. The van der Waals surface area contributed by atoms with Crippen LogP contribution in [0.5, 0.6) is 0 Å². The fraction of sp³-hybridized carbons (Fsp3) is 1.00. The Morgan fingerprint density at radius 2 is 1.86 bits per heavy atom. The Labute approximate surface area is 88.7 Å². The van der Waals surface area contributed by atoms with Gasteiger partial charge in [-0.1, -0.05) is 32.6 Å². The summed E-state index contributed by atoms with van der Waals surface area (Å²) in [6.45, 7) is 3.71. The van der Waals surface area contributed by atoms with Crippen molar-refractivity contribution < 1.29 is 0 Å². The highest BCUT2D eigenvalue weighted by molar-refractivity contribution is 4.82. The third-order valence-electron chi connectivity index (χ3n) is 4.14. The van der Waals surface area contributed by atoms with Crippen molar-refractivity contribution in [2.45, 2.75) is 64.3 Å². The van der Waals surface area contributed by atoms with E-state index in [-0.39, 0.29) is 0 Å². The van der Waals surface area contributed by atoms with Gasteiger partial charge in [0.1, 0.15) is 0 Å². The Morgan fingerprint density at radius 1 is 0.929 bits per heavy atom. The number of hydrogen-bond acceptors (Lipinski definition) is 1. The highest BCUT2D eigenvalue weighted by Crippen LogP contribution is 2.32. The first-order chi connectivity index (χ1) is 6.86. The lowest BCUT2D eigenvalue weighted by atomic mass is 9.77. The molecule has 3 atom stereocenters. The second-order valence-electron chi connectivity index (χ2n) is 5.44. The van der Waals surface area contributed by atoms with Gasteiger partial charge < -0.3 is 5.32 Å². The van der Waals surface area contributed by atoms with Crippen LogP contribution in [0.4, 0.5) is 0 Å². The average Bonchev–Trinajstić information content (AvgIpc) is 2.45. The SMILES string of the molecule is CC1CCCC(C2CCCCCN2)C1. The lowest BCUT2D eigenvalue weighted by molar-refractivity contribution is 0.219. The van der Waals surface area contributed by atoms with Crippen molar-refractivity contribution in [3.63, 3.8) is 0 Å². The lowest BCUT2D eigenvalue weighted by Gasteiger charge is -2.33. The third kappa shape index (κ3) is 2.73. The normalized spacial score (nSPS) is 40.5. The fourth-order valence-corrected chi connectivity index (χ4v) is 3.30. The van der Waals surface area contributed by atoms with Crippen LogP contribution in [0.15, 0.2) is 0 Å². The van der Waals surface area contributed by atoms with Gasteiger partial charge in [-0.15, -0.1) is 0 Å². The molecule has 0 aromatic rings. The van der Waals surface area contributed by atoms with Gasteiger partial charge in [0.15, 0.2) is 0 Å². The summed E-state index contributed by atoms with van der Waals surface area (Å²) in [5.41, 5.74) is 0. The van der Waals surface area contributed by atoms with Crippen LogP contribution in [0.25, 0.3) is 0 Å². The van der Waals surface area contributed by atoms with E-state index in [1.165, 1.54) is 57.9 Å². The van der Waals surface area contributed by atoms with Gasteiger partial charge in [0.2, 0.25) is 0 Å². The highest BCUT2D eigenvalue weighted by atomic mass is 14.9. The van der Waals surface area contributed by atoms with Crippen molar-refractivity contribution in [2.24, 2.45) is 11.8 Å². The van der Waals surface area contributed by atoms with Gasteiger partial charge in [0, 0.05) is 6.04 Å². The smallest absolute Gasteiger partial charge is 0.00954 e. The van der Waals surface area contributed by atoms with Gasteiger partial charge in [0.25, 0.3) is 0 Å². The second-order valence-corrected chi connectivity index (χ2v) is 5.44. The molecule has 2 fully saturated rings. The van der Waals surface area contributed by atoms with Gasteiger partial charge in [0.05, 0.1) is 0 Å². The van der Waals surface area contributed by atoms with Gasteiger partial charge in [-0.25, -0.2) is 0 Å². The van der Waals surface area contributed by atoms with Crippen LogP contribution in [-0.2, 0) is 0 Å². The molecular formula is C13H25N. The summed E-state index contributed by atoms with van der Waals surface area (Å²) in [6.07, 6.45) is 11.7. The maximum Gasteiger partial charge on any atom is 0.00954 e. The van der Waals surface area contributed by atoms with E-state index in [1.54, 1.807) is 0 Å². The predicted octanol–water partition coefficient (Wildman–Crippen LogP) is 3.34. The molecule has 1 heteroatoms. The largest absolute Gasteiger partial charge is 0.314 e. The maximum atomic E-state index is 3.77. The van der Waals surface area contributed by atoms with Crippen molar-refractivity contribution >= 4 is 0 Å². The molecular weight excluding hydrogens is 170 g/mol. The van der Waals surface area contributed by atoms with Gasteiger partial charge in [-0.2, -0.15) is 0 Å². The van der Waals surface area contributed by atoms with Crippen molar-refractivity contribution in [3.05, 3.63) is 0 Å². The molecule has 2 aliphatic rings. The van der Waals surface area contributed by atoms with E-state index in [0.717, 1.165) is 17.9 Å². The first kappa shape index (κ1) is 10.5. The molecule has 0 aromatic carbocycles. The summed E-state index contributed by atoms with van der Waals surface area (Å²) in [7, 11) is 0. The van der Waals surface area contributed by atoms with E-state index in [1.807, 2.05) is 0 Å². The van der Waals surface area contributed by atoms with E-state index in [9.17, 15) is 0 Å². The molecule has 2 rings (SSSR count). The number of rotatable bonds is 1. The summed E-state index contributed by atoms with van der Waals surface area (Å²) in [4.78, 5) is 0. The first-order valence-electron chi connectivity index (χ1n) is 6.59. The quantitative estimate of drug-likeness (QED) is 0.676. The minimum absolute atomic E-state index is 0.861. The Balaban J connectivity index is 1.85. The van der Waals surface area contributed by atoms with E-state index >= 15 is 0 Å². The second kappa shape index (κ2) is 5.16. The molecule has 1 saturated heterocycles. The van der Waals surface area contributed by atoms with Crippen LogP contribution in [-0.4, -0.2) is 12.6 Å². The Morgan fingerprint density at radius 3 is 2.71 bits per heavy atom. The molecule has 1 aliphatic carbocycles. The molecule has 0 amide bonds. The molecule has 1 nitrogen and oxygen atoms in total. The number of nitrogens with one attached hydrogen (secondary N) is 1. The minimum Gasteiger partial charge on any atom is -0.314 e. The van der Waals surface area contributed by atoms with Gasteiger partial charge >= 0.3 is 0 Å². The van der Waals surface area contributed by atoms with Crippen molar-refractivity contribution in [3.8, 4) is 0 Å². The van der Waals surface area contributed by atoms with Gasteiger partial charge in [-0.3, -0.25) is 0 Å². The Bertz CT molecular complexity index is 159. The van der Waals surface area contributed by atoms with Crippen LogP contribution < -0.4 is 5.32 Å². The van der Waals surface area contributed by atoms with Crippen LogP contribution in [0.3, 0.4) is 0 Å². The summed E-state index contributed by atoms with van der Waals surface area (Å²) >= 11 is 0. The molecule has 14 heavy (non-hydrogen) atoms. The zero-order valence-corrected chi connectivity index (χ0v) is 9.60. The van der Waals surface area contributed by atoms with Crippen LogP contribution >= 0.6 is 0 Å². The molecule has 82 valence electrons. The Hall–Kier alpha value is -0.0400. The first-order valence-corrected chi connectivity index (χ1v) is 6.59. The van der Waals surface area contributed by atoms with Crippen LogP contribution in [0.1, 0.15) is 58.3 Å². The predicted molar refractivity (Wildman–Crippen MR) is 61.4 cm³/mol. The molecule has 0 bridgehead atoms. The summed E-state index contributed by atoms with van der Waals surface area (Å²) in [5.74, 6) is 1.98. The number of hydrogen-bond donors (Lipinski definition) is 1. The summed E-state index contributed by atoms with van der Waals surface area (Å²) < 4.78 is 0. The van der Waals surface area contributed by atoms with Gasteiger partial charge in [-0.05, 0) is 44.1 Å². The minimum atomic E-state index is 0.861. The molecule has 1 heterocycles. The van der Waals surface area contributed by atoms with Crippen molar-refractivity contribution in [2.75, 3.05) is 6.54 Å². The third-order valence-corrected chi connectivity index (χ3v) is 4.14. The molecule has 0 spiro atoms. The van der Waals surface area contributed by atoms with Crippen molar-refractivity contribution in [1.82, 2.24) is 5.32 Å². The van der Waals surface area contributed by atoms with E-state index < -0.39 is 0 Å². The molecule has 1 N–H and O–H groups in total. The van der Waals surface area contributed by atoms with E-state index in [4.69, 9.17) is 0 Å². The van der Waals surface area contributed by atoms with E-state index in [0.29, 0.717) is 0 Å². The standard InChI is InChI=1S/C13H25N/c1-11-6-5-7-12(10-11)13-8-3-2-4-9-14-13/h11-14H,2-10H2,1H3.